The average Bonchev–Trinajstić information content (AvgIpc) is 2.88. The lowest BCUT2D eigenvalue weighted by Crippen LogP contribution is -2.26. The van der Waals surface area contributed by atoms with E-state index >= 15 is 0 Å². The van der Waals surface area contributed by atoms with Crippen molar-refractivity contribution in [3.63, 3.8) is 0 Å². The third kappa shape index (κ3) is 9.08. The minimum absolute atomic E-state index is 0.112. The number of carbonyl (C=O) groups is 3. The van der Waals surface area contributed by atoms with Crippen molar-refractivity contribution in [3.05, 3.63) is 102 Å². The number of nitrogens with one attached hydrogen (secondary N) is 2. The van der Waals surface area contributed by atoms with Gasteiger partial charge in [-0.25, -0.2) is 0 Å². The van der Waals surface area contributed by atoms with Crippen LogP contribution in [0.15, 0.2) is 84.9 Å². The van der Waals surface area contributed by atoms with Crippen molar-refractivity contribution in [2.75, 3.05) is 11.9 Å². The van der Waals surface area contributed by atoms with Gasteiger partial charge in [-0.1, -0.05) is 60.7 Å². The number of rotatable bonds is 12. The summed E-state index contributed by atoms with van der Waals surface area (Å²) in [6.45, 7) is 2.31. The van der Waals surface area contributed by atoms with Gasteiger partial charge < -0.3 is 15.4 Å². The summed E-state index contributed by atoms with van der Waals surface area (Å²) in [5, 5.41) is 5.76. The van der Waals surface area contributed by atoms with Gasteiger partial charge in [-0.15, -0.1) is 0 Å². The van der Waals surface area contributed by atoms with Gasteiger partial charge in [-0.05, 0) is 61.6 Å². The van der Waals surface area contributed by atoms with E-state index < -0.39 is 0 Å². The number of anilines is 1. The molecule has 0 aliphatic carbocycles. The third-order valence-electron chi connectivity index (χ3n) is 5.58. The predicted octanol–water partition coefficient (Wildman–Crippen LogP) is 5.46. The van der Waals surface area contributed by atoms with Crippen LogP contribution in [0.1, 0.15) is 60.1 Å². The number of hydrogen-bond donors (Lipinski definition) is 2. The Labute approximate surface area is 206 Å². The minimum Gasteiger partial charge on any atom is -0.466 e. The van der Waals surface area contributed by atoms with E-state index in [0.29, 0.717) is 24.3 Å². The van der Waals surface area contributed by atoms with E-state index in [9.17, 15) is 14.4 Å². The van der Waals surface area contributed by atoms with Gasteiger partial charge in [0.2, 0.25) is 5.91 Å². The molecular weight excluding hydrogens is 440 g/mol. The second-order valence-electron chi connectivity index (χ2n) is 8.39. The maximum atomic E-state index is 12.5. The molecule has 1 unspecified atom stereocenters. The van der Waals surface area contributed by atoms with Crippen molar-refractivity contribution in [3.8, 4) is 0 Å². The van der Waals surface area contributed by atoms with Gasteiger partial charge in [0.25, 0.3) is 5.91 Å². The monoisotopic (exact) mass is 472 g/mol. The SMILES string of the molecule is CC(NC(=O)c1ccc(NC(=O)CCCC(=O)OCCCc2ccccc2)cc1)c1ccccc1. The molecule has 6 nitrogen and oxygen atoms in total. The first-order valence-electron chi connectivity index (χ1n) is 12.0. The van der Waals surface area contributed by atoms with Gasteiger partial charge in [-0.3, -0.25) is 14.4 Å². The summed E-state index contributed by atoms with van der Waals surface area (Å²) < 4.78 is 5.25. The standard InChI is InChI=1S/C29H32N2O4/c1-22(24-13-6-3-7-14-24)30-29(34)25-17-19-26(20-18-25)31-27(32)15-8-16-28(33)35-21-9-12-23-10-4-2-5-11-23/h2-7,10-11,13-14,17-20,22H,8-9,12,15-16,21H2,1H3,(H,30,34)(H,31,32). The van der Waals surface area contributed by atoms with Crippen molar-refractivity contribution in [1.29, 1.82) is 0 Å². The lowest BCUT2D eigenvalue weighted by atomic mass is 10.1. The zero-order valence-corrected chi connectivity index (χ0v) is 20.0. The third-order valence-corrected chi connectivity index (χ3v) is 5.58. The second-order valence-corrected chi connectivity index (χ2v) is 8.39. The van der Waals surface area contributed by atoms with Gasteiger partial charge in [0.1, 0.15) is 0 Å². The van der Waals surface area contributed by atoms with Gasteiger partial charge in [0.15, 0.2) is 0 Å². The molecule has 0 bridgehead atoms. The van der Waals surface area contributed by atoms with Crippen molar-refractivity contribution >= 4 is 23.5 Å². The van der Waals surface area contributed by atoms with Crippen molar-refractivity contribution in [1.82, 2.24) is 5.32 Å². The van der Waals surface area contributed by atoms with Gasteiger partial charge in [-0.2, -0.15) is 0 Å². The number of esters is 1. The van der Waals surface area contributed by atoms with Gasteiger partial charge >= 0.3 is 5.97 Å². The Morgan fingerprint density at radius 1 is 0.800 bits per heavy atom. The molecule has 0 saturated heterocycles. The molecule has 1 atom stereocenters. The van der Waals surface area contributed by atoms with E-state index in [4.69, 9.17) is 4.74 Å². The van der Waals surface area contributed by atoms with Gasteiger partial charge in [0, 0.05) is 24.1 Å². The van der Waals surface area contributed by atoms with E-state index in [1.165, 1.54) is 5.56 Å². The van der Waals surface area contributed by atoms with E-state index in [2.05, 4.69) is 22.8 Å². The molecular formula is C29H32N2O4. The Balaban J connectivity index is 1.31. The molecule has 35 heavy (non-hydrogen) atoms. The topological polar surface area (TPSA) is 84.5 Å². The van der Waals surface area contributed by atoms with Crippen LogP contribution in [0.2, 0.25) is 0 Å². The summed E-state index contributed by atoms with van der Waals surface area (Å²) in [6.07, 6.45) is 2.48. The molecule has 0 spiro atoms. The highest BCUT2D eigenvalue weighted by molar-refractivity contribution is 5.96. The number of benzene rings is 3. The lowest BCUT2D eigenvalue weighted by Gasteiger charge is -2.14. The molecule has 0 aliphatic rings. The Morgan fingerprint density at radius 2 is 1.46 bits per heavy atom. The molecule has 0 heterocycles. The molecule has 3 rings (SSSR count). The first kappa shape index (κ1) is 25.7. The first-order chi connectivity index (χ1) is 17.0. The summed E-state index contributed by atoms with van der Waals surface area (Å²) in [4.78, 5) is 36.6. The Morgan fingerprint density at radius 3 is 2.14 bits per heavy atom. The normalized spacial score (nSPS) is 11.3. The van der Waals surface area contributed by atoms with Crippen molar-refractivity contribution < 1.29 is 19.1 Å². The maximum absolute atomic E-state index is 12.5. The molecule has 0 saturated carbocycles. The fraction of sp³-hybridized carbons (Fsp3) is 0.276. The van der Waals surface area contributed by atoms with Crippen LogP contribution in [-0.4, -0.2) is 24.4 Å². The fourth-order valence-electron chi connectivity index (χ4n) is 3.61. The number of aryl methyl sites for hydroxylation is 1. The molecule has 2 N–H and O–H groups in total. The lowest BCUT2D eigenvalue weighted by molar-refractivity contribution is -0.143. The highest BCUT2D eigenvalue weighted by Gasteiger charge is 2.12. The van der Waals surface area contributed by atoms with Crippen LogP contribution < -0.4 is 10.6 Å². The van der Waals surface area contributed by atoms with Crippen LogP contribution in [0.5, 0.6) is 0 Å². The molecule has 0 aromatic heterocycles. The molecule has 0 radical (unpaired) electrons. The number of amides is 2. The highest BCUT2D eigenvalue weighted by Crippen LogP contribution is 2.15. The molecule has 3 aromatic rings. The van der Waals surface area contributed by atoms with Crippen LogP contribution in [0.4, 0.5) is 5.69 Å². The first-order valence-corrected chi connectivity index (χ1v) is 12.0. The van der Waals surface area contributed by atoms with Crippen LogP contribution in [0, 0.1) is 0 Å². The quantitative estimate of drug-likeness (QED) is 0.271. The highest BCUT2D eigenvalue weighted by atomic mass is 16.5. The zero-order valence-electron chi connectivity index (χ0n) is 20.0. The molecule has 3 aromatic carbocycles. The van der Waals surface area contributed by atoms with E-state index in [-0.39, 0.29) is 36.7 Å². The summed E-state index contributed by atoms with van der Waals surface area (Å²) in [5.41, 5.74) is 3.36. The minimum atomic E-state index is -0.286. The summed E-state index contributed by atoms with van der Waals surface area (Å²) in [5.74, 6) is -0.649. The van der Waals surface area contributed by atoms with Crippen LogP contribution >= 0.6 is 0 Å². The van der Waals surface area contributed by atoms with Crippen LogP contribution in [-0.2, 0) is 20.7 Å². The fourth-order valence-corrected chi connectivity index (χ4v) is 3.61. The summed E-state index contributed by atoms with van der Waals surface area (Å²) >= 11 is 0. The summed E-state index contributed by atoms with van der Waals surface area (Å²) in [7, 11) is 0. The molecule has 2 amide bonds. The number of ether oxygens (including phenoxy) is 1. The molecule has 0 aliphatic heterocycles. The Kier molecular flexibility index (Phi) is 10.1. The Hall–Kier alpha value is -3.93. The smallest absolute Gasteiger partial charge is 0.305 e. The van der Waals surface area contributed by atoms with Crippen LogP contribution in [0.25, 0.3) is 0 Å². The number of carbonyl (C=O) groups excluding carboxylic acids is 3. The second kappa shape index (κ2) is 13.7. The molecule has 182 valence electrons. The largest absolute Gasteiger partial charge is 0.466 e. The van der Waals surface area contributed by atoms with E-state index in [1.807, 2.05) is 55.5 Å². The van der Waals surface area contributed by atoms with E-state index in [1.54, 1.807) is 24.3 Å². The maximum Gasteiger partial charge on any atom is 0.305 e. The number of hydrogen-bond acceptors (Lipinski definition) is 4. The van der Waals surface area contributed by atoms with Crippen molar-refractivity contribution in [2.24, 2.45) is 0 Å². The zero-order chi connectivity index (χ0) is 24.9. The average molecular weight is 473 g/mol. The van der Waals surface area contributed by atoms with E-state index in [0.717, 1.165) is 18.4 Å². The molecule has 0 fully saturated rings. The predicted molar refractivity (Wildman–Crippen MR) is 137 cm³/mol. The van der Waals surface area contributed by atoms with Crippen LogP contribution in [0.3, 0.4) is 0 Å². The Bertz CT molecular complexity index is 1080. The van der Waals surface area contributed by atoms with Crippen molar-refractivity contribution in [2.45, 2.75) is 45.1 Å². The van der Waals surface area contributed by atoms with Gasteiger partial charge in [0.05, 0.1) is 12.6 Å². The molecule has 6 heteroatoms. The summed E-state index contributed by atoms with van der Waals surface area (Å²) in [6, 6.07) is 26.4.